The average molecular weight is 886 g/mol. The van der Waals surface area contributed by atoms with Gasteiger partial charge in [-0.2, -0.15) is 0 Å². The van der Waals surface area contributed by atoms with E-state index in [1.165, 1.54) is 58.4 Å². The van der Waals surface area contributed by atoms with Gasteiger partial charge >= 0.3 is 0 Å². The van der Waals surface area contributed by atoms with Crippen LogP contribution in [-0.4, -0.2) is 4.57 Å². The standard InChI is InChI=1S/C64H43N3S/c1-5-17-44(18-6-1)47-37-48(45-19-7-2-8-20-45)40-56(39-47)66(54-30-29-46-42-64-60(41-49(46)38-54)59-26-14-16-28-63(59)68-64)53-33-31-52(32-34-53)65(50-21-9-3-10-22-50)55-35-36-58-57-25-13-15-27-61(57)67(62(58)43-55)51-23-11-4-12-24-51/h1-43H. The maximum atomic E-state index is 2.43. The monoisotopic (exact) mass is 885 g/mol. The van der Waals surface area contributed by atoms with Crippen molar-refractivity contribution in [2.24, 2.45) is 0 Å². The molecule has 0 aliphatic carbocycles. The van der Waals surface area contributed by atoms with Crippen molar-refractivity contribution in [3.8, 4) is 27.9 Å². The molecular formula is C64H43N3S. The number of nitrogens with zero attached hydrogens (tertiary/aromatic N) is 3. The third-order valence-corrected chi connectivity index (χ3v) is 14.4. The van der Waals surface area contributed by atoms with Crippen molar-refractivity contribution in [1.82, 2.24) is 4.57 Å². The van der Waals surface area contributed by atoms with E-state index in [2.05, 4.69) is 275 Å². The minimum Gasteiger partial charge on any atom is -0.310 e. The van der Waals surface area contributed by atoms with E-state index in [-0.39, 0.29) is 0 Å². The maximum Gasteiger partial charge on any atom is 0.0561 e. The number of fused-ring (bicyclic) bond motifs is 7. The number of hydrogen-bond acceptors (Lipinski definition) is 3. The van der Waals surface area contributed by atoms with Crippen molar-refractivity contribution >= 4 is 98.2 Å². The van der Waals surface area contributed by atoms with E-state index in [0.717, 1.165) is 56.5 Å². The van der Waals surface area contributed by atoms with Gasteiger partial charge in [0, 0.05) is 70.8 Å². The van der Waals surface area contributed by atoms with Crippen LogP contribution < -0.4 is 9.80 Å². The van der Waals surface area contributed by atoms with Gasteiger partial charge < -0.3 is 14.4 Å². The van der Waals surface area contributed by atoms with Gasteiger partial charge in [-0.25, -0.2) is 0 Å². The zero-order valence-corrected chi connectivity index (χ0v) is 37.9. The van der Waals surface area contributed by atoms with Crippen molar-refractivity contribution in [1.29, 1.82) is 0 Å². The lowest BCUT2D eigenvalue weighted by molar-refractivity contribution is 1.18. The first-order valence-electron chi connectivity index (χ1n) is 23.2. The summed E-state index contributed by atoms with van der Waals surface area (Å²) in [5.41, 5.74) is 14.6. The van der Waals surface area contributed by atoms with E-state index in [0.29, 0.717) is 0 Å². The molecule has 4 heteroatoms. The molecule has 2 aromatic heterocycles. The first kappa shape index (κ1) is 39.6. The van der Waals surface area contributed by atoms with Crippen LogP contribution >= 0.6 is 11.3 Å². The molecule has 0 unspecified atom stereocenters. The van der Waals surface area contributed by atoms with Crippen molar-refractivity contribution in [2.75, 3.05) is 9.80 Å². The predicted octanol–water partition coefficient (Wildman–Crippen LogP) is 18.6. The third kappa shape index (κ3) is 6.98. The molecule has 0 aliphatic rings. The molecule has 0 spiro atoms. The van der Waals surface area contributed by atoms with Crippen LogP contribution in [0.3, 0.4) is 0 Å². The van der Waals surface area contributed by atoms with E-state index < -0.39 is 0 Å². The molecule has 0 amide bonds. The molecule has 0 radical (unpaired) electrons. The van der Waals surface area contributed by atoms with Crippen LogP contribution in [0.5, 0.6) is 0 Å². The molecular weight excluding hydrogens is 843 g/mol. The lowest BCUT2D eigenvalue weighted by Gasteiger charge is -2.29. The molecule has 2 heterocycles. The molecule has 11 aromatic carbocycles. The minimum absolute atomic E-state index is 1.06. The van der Waals surface area contributed by atoms with Gasteiger partial charge in [0.25, 0.3) is 0 Å². The van der Waals surface area contributed by atoms with Crippen LogP contribution in [0.1, 0.15) is 0 Å². The Hall–Kier alpha value is -8.70. The Labute approximate surface area is 399 Å². The van der Waals surface area contributed by atoms with E-state index >= 15 is 0 Å². The molecule has 0 fully saturated rings. The number of anilines is 6. The molecule has 0 aliphatic heterocycles. The number of rotatable bonds is 9. The molecule has 13 rings (SSSR count). The Kier molecular flexibility index (Phi) is 9.69. The molecule has 0 saturated carbocycles. The molecule has 0 N–H and O–H groups in total. The smallest absolute Gasteiger partial charge is 0.0561 e. The minimum atomic E-state index is 1.06. The van der Waals surface area contributed by atoms with Crippen LogP contribution in [0.25, 0.3) is 80.7 Å². The van der Waals surface area contributed by atoms with Crippen LogP contribution in [0.4, 0.5) is 34.1 Å². The fourth-order valence-corrected chi connectivity index (χ4v) is 11.2. The average Bonchev–Trinajstić information content (AvgIpc) is 3.94. The summed E-state index contributed by atoms with van der Waals surface area (Å²) in [5, 5.41) is 7.50. The number of aromatic nitrogens is 1. The fraction of sp³-hybridized carbons (Fsp3) is 0. The number of thiophene rings is 1. The van der Waals surface area contributed by atoms with Crippen LogP contribution in [0, 0.1) is 0 Å². The summed E-state index contributed by atoms with van der Waals surface area (Å²) in [6.45, 7) is 0. The molecule has 68 heavy (non-hydrogen) atoms. The second-order valence-corrected chi connectivity index (χ2v) is 18.5. The van der Waals surface area contributed by atoms with Gasteiger partial charge in [0.05, 0.1) is 11.0 Å². The molecule has 13 aromatic rings. The van der Waals surface area contributed by atoms with Crippen molar-refractivity contribution < 1.29 is 0 Å². The normalized spacial score (nSPS) is 11.5. The van der Waals surface area contributed by atoms with E-state index in [9.17, 15) is 0 Å². The second kappa shape index (κ2) is 16.6. The van der Waals surface area contributed by atoms with Gasteiger partial charge in [-0.1, -0.05) is 146 Å². The summed E-state index contributed by atoms with van der Waals surface area (Å²) >= 11 is 1.87. The highest BCUT2D eigenvalue weighted by atomic mass is 32.1. The Morgan fingerprint density at radius 3 is 1.47 bits per heavy atom. The first-order valence-corrected chi connectivity index (χ1v) is 24.0. The van der Waals surface area contributed by atoms with Crippen molar-refractivity contribution in [2.45, 2.75) is 0 Å². The molecule has 0 saturated heterocycles. The van der Waals surface area contributed by atoms with Crippen molar-refractivity contribution in [3.05, 3.63) is 261 Å². The van der Waals surface area contributed by atoms with Gasteiger partial charge in [-0.15, -0.1) is 11.3 Å². The topological polar surface area (TPSA) is 11.4 Å². The van der Waals surface area contributed by atoms with Crippen LogP contribution in [0.15, 0.2) is 261 Å². The van der Waals surface area contributed by atoms with Gasteiger partial charge in [-0.3, -0.25) is 0 Å². The van der Waals surface area contributed by atoms with Gasteiger partial charge in [-0.05, 0) is 148 Å². The SMILES string of the molecule is c1ccc(-c2cc(-c3ccccc3)cc(N(c3ccc(N(c4ccccc4)c4ccc5c6ccccc6n(-c6ccccc6)c5c4)cc3)c3ccc4cc5sc6ccccc6c5cc4c3)c2)cc1. The highest BCUT2D eigenvalue weighted by Gasteiger charge is 2.21. The Bertz CT molecular complexity index is 3900. The highest BCUT2D eigenvalue weighted by molar-refractivity contribution is 7.25. The predicted molar refractivity (Wildman–Crippen MR) is 291 cm³/mol. The first-order chi connectivity index (χ1) is 33.7. The summed E-state index contributed by atoms with van der Waals surface area (Å²) in [6.07, 6.45) is 0. The summed E-state index contributed by atoms with van der Waals surface area (Å²) in [7, 11) is 0. The number of para-hydroxylation sites is 3. The third-order valence-electron chi connectivity index (χ3n) is 13.3. The number of hydrogen-bond donors (Lipinski definition) is 0. The number of benzene rings is 11. The Morgan fingerprint density at radius 1 is 0.265 bits per heavy atom. The maximum absolute atomic E-state index is 2.43. The summed E-state index contributed by atoms with van der Waals surface area (Å²) in [5.74, 6) is 0. The van der Waals surface area contributed by atoms with Gasteiger partial charge in [0.15, 0.2) is 0 Å². The van der Waals surface area contributed by atoms with E-state index in [1.807, 2.05) is 11.3 Å². The Morgan fingerprint density at radius 2 is 0.779 bits per heavy atom. The zero-order valence-electron chi connectivity index (χ0n) is 37.1. The van der Waals surface area contributed by atoms with Crippen LogP contribution in [0.2, 0.25) is 0 Å². The lowest BCUT2D eigenvalue weighted by atomic mass is 9.97. The van der Waals surface area contributed by atoms with E-state index in [1.54, 1.807) is 0 Å². The second-order valence-electron chi connectivity index (χ2n) is 17.4. The molecule has 0 bridgehead atoms. The summed E-state index contributed by atoms with van der Waals surface area (Å²) in [6, 6.07) is 95.0. The largest absolute Gasteiger partial charge is 0.310 e. The van der Waals surface area contributed by atoms with Crippen molar-refractivity contribution in [3.63, 3.8) is 0 Å². The quantitative estimate of drug-likeness (QED) is 0.143. The summed E-state index contributed by atoms with van der Waals surface area (Å²) < 4.78 is 5.01. The summed E-state index contributed by atoms with van der Waals surface area (Å²) in [4.78, 5) is 4.80. The van der Waals surface area contributed by atoms with Crippen LogP contribution in [-0.2, 0) is 0 Å². The molecule has 0 atom stereocenters. The van der Waals surface area contributed by atoms with E-state index in [4.69, 9.17) is 0 Å². The zero-order chi connectivity index (χ0) is 45.0. The Balaban J connectivity index is 0.992. The lowest BCUT2D eigenvalue weighted by Crippen LogP contribution is -2.12. The van der Waals surface area contributed by atoms with Gasteiger partial charge in [0.2, 0.25) is 0 Å². The highest BCUT2D eigenvalue weighted by Crippen LogP contribution is 2.45. The molecule has 320 valence electrons. The molecule has 3 nitrogen and oxygen atoms in total. The van der Waals surface area contributed by atoms with Gasteiger partial charge in [0.1, 0.15) is 0 Å². The fourth-order valence-electron chi connectivity index (χ4n) is 10.1.